The molecule has 1 heterocycles. The molecule has 1 unspecified atom stereocenters. The van der Waals surface area contributed by atoms with Gasteiger partial charge in [0.05, 0.1) is 0 Å². The van der Waals surface area contributed by atoms with Crippen molar-refractivity contribution in [3.8, 4) is 0 Å². The van der Waals surface area contributed by atoms with E-state index < -0.39 is 0 Å². The van der Waals surface area contributed by atoms with E-state index in [1.165, 1.54) is 36.1 Å². The Morgan fingerprint density at radius 3 is 3.12 bits per heavy atom. The molecule has 1 aromatic rings. The first-order valence-electron chi connectivity index (χ1n) is 6.51. The van der Waals surface area contributed by atoms with Gasteiger partial charge in [0.15, 0.2) is 0 Å². The van der Waals surface area contributed by atoms with Gasteiger partial charge >= 0.3 is 0 Å². The van der Waals surface area contributed by atoms with E-state index in [4.69, 9.17) is 0 Å². The van der Waals surface area contributed by atoms with Crippen LogP contribution in [0, 0.1) is 5.92 Å². The maximum atomic E-state index is 3.54. The second-order valence-electron chi connectivity index (χ2n) is 4.72. The van der Waals surface area contributed by atoms with Crippen molar-refractivity contribution in [2.75, 3.05) is 31.1 Å². The Bertz CT molecular complexity index is 354. The van der Waals surface area contributed by atoms with Crippen LogP contribution in [0.5, 0.6) is 0 Å². The van der Waals surface area contributed by atoms with E-state index in [1.807, 2.05) is 0 Å². The van der Waals surface area contributed by atoms with Crippen LogP contribution in [0.4, 0.5) is 5.69 Å². The Kier molecular flexibility index (Phi) is 4.86. The normalized spacial score (nSPS) is 19.9. The molecule has 17 heavy (non-hydrogen) atoms. The molecule has 1 aliphatic heterocycles. The summed E-state index contributed by atoms with van der Waals surface area (Å²) in [5.74, 6) is 0.855. The van der Waals surface area contributed by atoms with Crippen LogP contribution >= 0.6 is 15.9 Å². The Morgan fingerprint density at radius 1 is 1.47 bits per heavy atom. The number of rotatable bonds is 5. The molecule has 3 heteroatoms. The average molecular weight is 297 g/mol. The van der Waals surface area contributed by atoms with Gasteiger partial charge in [-0.1, -0.05) is 28.9 Å². The fourth-order valence-corrected chi connectivity index (χ4v) is 2.85. The first-order valence-corrected chi connectivity index (χ1v) is 7.30. The van der Waals surface area contributed by atoms with Crippen molar-refractivity contribution in [3.63, 3.8) is 0 Å². The standard InChI is InChI=1S/C14H21BrN2/c1-2-16-8-6-12-7-9-17(11-12)14-5-3-4-13(15)10-14/h3-5,10,12,16H,2,6-9,11H2,1H3. The molecule has 0 saturated carbocycles. The fourth-order valence-electron chi connectivity index (χ4n) is 2.46. The van der Waals surface area contributed by atoms with Gasteiger partial charge in [-0.2, -0.15) is 0 Å². The van der Waals surface area contributed by atoms with Crippen LogP contribution in [-0.2, 0) is 0 Å². The number of benzene rings is 1. The van der Waals surface area contributed by atoms with Crippen molar-refractivity contribution in [2.24, 2.45) is 5.92 Å². The van der Waals surface area contributed by atoms with Crippen molar-refractivity contribution >= 4 is 21.6 Å². The lowest BCUT2D eigenvalue weighted by Crippen LogP contribution is -2.22. The zero-order valence-electron chi connectivity index (χ0n) is 10.5. The second-order valence-corrected chi connectivity index (χ2v) is 5.64. The van der Waals surface area contributed by atoms with Gasteiger partial charge in [-0.3, -0.25) is 0 Å². The van der Waals surface area contributed by atoms with Gasteiger partial charge in [0, 0.05) is 23.2 Å². The lowest BCUT2D eigenvalue weighted by atomic mass is 10.1. The van der Waals surface area contributed by atoms with Crippen LogP contribution in [0.3, 0.4) is 0 Å². The van der Waals surface area contributed by atoms with E-state index in [-0.39, 0.29) is 0 Å². The molecule has 1 aliphatic rings. The topological polar surface area (TPSA) is 15.3 Å². The monoisotopic (exact) mass is 296 g/mol. The number of halogens is 1. The van der Waals surface area contributed by atoms with Crippen molar-refractivity contribution in [1.82, 2.24) is 5.32 Å². The summed E-state index contributed by atoms with van der Waals surface area (Å²) in [5.41, 5.74) is 1.35. The van der Waals surface area contributed by atoms with E-state index in [9.17, 15) is 0 Å². The number of nitrogens with one attached hydrogen (secondary N) is 1. The Labute approximate surface area is 113 Å². The van der Waals surface area contributed by atoms with Crippen LogP contribution in [0.1, 0.15) is 19.8 Å². The van der Waals surface area contributed by atoms with Gasteiger partial charge in [0.25, 0.3) is 0 Å². The highest BCUT2D eigenvalue weighted by molar-refractivity contribution is 9.10. The number of anilines is 1. The summed E-state index contributed by atoms with van der Waals surface area (Å²) in [4.78, 5) is 2.50. The molecule has 2 nitrogen and oxygen atoms in total. The molecular formula is C14H21BrN2. The average Bonchev–Trinajstić information content (AvgIpc) is 2.78. The van der Waals surface area contributed by atoms with Gasteiger partial charge in [0.2, 0.25) is 0 Å². The van der Waals surface area contributed by atoms with Crippen molar-refractivity contribution < 1.29 is 0 Å². The number of hydrogen-bond donors (Lipinski definition) is 1. The molecule has 1 fully saturated rings. The summed E-state index contributed by atoms with van der Waals surface area (Å²) in [6.07, 6.45) is 2.64. The highest BCUT2D eigenvalue weighted by Crippen LogP contribution is 2.27. The van der Waals surface area contributed by atoms with E-state index in [1.54, 1.807) is 0 Å². The maximum Gasteiger partial charge on any atom is 0.0377 e. The van der Waals surface area contributed by atoms with Crippen molar-refractivity contribution in [3.05, 3.63) is 28.7 Å². The van der Waals surface area contributed by atoms with Gasteiger partial charge in [-0.15, -0.1) is 0 Å². The van der Waals surface area contributed by atoms with E-state index in [0.717, 1.165) is 19.0 Å². The molecule has 2 rings (SSSR count). The Hall–Kier alpha value is -0.540. The Morgan fingerprint density at radius 2 is 2.35 bits per heavy atom. The molecule has 1 N–H and O–H groups in total. The van der Waals surface area contributed by atoms with Crippen molar-refractivity contribution in [1.29, 1.82) is 0 Å². The molecule has 94 valence electrons. The third kappa shape index (κ3) is 3.71. The highest BCUT2D eigenvalue weighted by Gasteiger charge is 2.22. The van der Waals surface area contributed by atoms with Crippen molar-refractivity contribution in [2.45, 2.75) is 19.8 Å². The maximum absolute atomic E-state index is 3.54. The zero-order chi connectivity index (χ0) is 12.1. The van der Waals surface area contributed by atoms with Crippen LogP contribution in [0.25, 0.3) is 0 Å². The third-order valence-corrected chi connectivity index (χ3v) is 3.93. The van der Waals surface area contributed by atoms with Crippen LogP contribution < -0.4 is 10.2 Å². The molecule has 0 aromatic heterocycles. The summed E-state index contributed by atoms with van der Waals surface area (Å²) in [7, 11) is 0. The molecule has 0 aliphatic carbocycles. The van der Waals surface area contributed by atoms with Gasteiger partial charge in [-0.05, 0) is 50.0 Å². The van der Waals surface area contributed by atoms with Crippen LogP contribution in [0.15, 0.2) is 28.7 Å². The third-order valence-electron chi connectivity index (χ3n) is 3.44. The summed E-state index contributed by atoms with van der Waals surface area (Å²) in [6.45, 7) is 6.83. The molecule has 0 radical (unpaired) electrons. The van der Waals surface area contributed by atoms with Crippen LogP contribution in [0.2, 0.25) is 0 Å². The summed E-state index contributed by atoms with van der Waals surface area (Å²) < 4.78 is 1.17. The predicted octanol–water partition coefficient (Wildman–Crippen LogP) is 3.28. The first kappa shape index (κ1) is 12.9. The molecule has 1 atom stereocenters. The highest BCUT2D eigenvalue weighted by atomic mass is 79.9. The minimum atomic E-state index is 0.855. The number of hydrogen-bond acceptors (Lipinski definition) is 2. The minimum Gasteiger partial charge on any atom is -0.371 e. The fraction of sp³-hybridized carbons (Fsp3) is 0.571. The SMILES string of the molecule is CCNCCC1CCN(c2cccc(Br)c2)C1. The lowest BCUT2D eigenvalue weighted by Gasteiger charge is -2.19. The van der Waals surface area contributed by atoms with Gasteiger partial charge < -0.3 is 10.2 Å². The first-order chi connectivity index (χ1) is 8.29. The lowest BCUT2D eigenvalue weighted by molar-refractivity contribution is 0.510. The molecule has 0 bridgehead atoms. The predicted molar refractivity (Wildman–Crippen MR) is 77.6 cm³/mol. The minimum absolute atomic E-state index is 0.855. The van der Waals surface area contributed by atoms with E-state index >= 15 is 0 Å². The smallest absolute Gasteiger partial charge is 0.0377 e. The molecule has 1 saturated heterocycles. The second kappa shape index (κ2) is 6.41. The summed E-state index contributed by atoms with van der Waals surface area (Å²) >= 11 is 3.54. The Balaban J connectivity index is 1.85. The molecule has 0 amide bonds. The quantitative estimate of drug-likeness (QED) is 0.839. The largest absolute Gasteiger partial charge is 0.371 e. The summed E-state index contributed by atoms with van der Waals surface area (Å²) in [5, 5.41) is 3.41. The zero-order valence-corrected chi connectivity index (χ0v) is 12.0. The van der Waals surface area contributed by atoms with E-state index in [0.29, 0.717) is 0 Å². The van der Waals surface area contributed by atoms with Crippen LogP contribution in [-0.4, -0.2) is 26.2 Å². The van der Waals surface area contributed by atoms with E-state index in [2.05, 4.69) is 57.3 Å². The molecule has 1 aromatic carbocycles. The van der Waals surface area contributed by atoms with Gasteiger partial charge in [0.1, 0.15) is 0 Å². The summed E-state index contributed by atoms with van der Waals surface area (Å²) in [6, 6.07) is 8.62. The molecular weight excluding hydrogens is 276 g/mol. The van der Waals surface area contributed by atoms with Gasteiger partial charge in [-0.25, -0.2) is 0 Å². The molecule has 0 spiro atoms. The number of nitrogens with zero attached hydrogens (tertiary/aromatic N) is 1.